The van der Waals surface area contributed by atoms with Gasteiger partial charge in [0.15, 0.2) is 11.5 Å². The van der Waals surface area contributed by atoms with Crippen molar-refractivity contribution in [2.24, 2.45) is 0 Å². The molecule has 1 aromatic carbocycles. The van der Waals surface area contributed by atoms with Gasteiger partial charge in [0.2, 0.25) is 12.7 Å². The Morgan fingerprint density at radius 3 is 2.83 bits per heavy atom. The molecule has 4 nitrogen and oxygen atoms in total. The lowest BCUT2D eigenvalue weighted by Gasteiger charge is -2.22. The van der Waals surface area contributed by atoms with Crippen LogP contribution < -0.4 is 9.47 Å². The van der Waals surface area contributed by atoms with Crippen LogP contribution in [0.5, 0.6) is 11.5 Å². The molecule has 1 amide bonds. The van der Waals surface area contributed by atoms with Crippen LogP contribution in [-0.2, 0) is 11.3 Å². The molecule has 18 heavy (non-hydrogen) atoms. The average molecular weight is 270 g/mol. The van der Waals surface area contributed by atoms with E-state index in [0.717, 1.165) is 17.1 Å². The molecule has 0 saturated carbocycles. The third-order valence-electron chi connectivity index (χ3n) is 2.84. The number of ether oxygens (including phenoxy) is 2. The average Bonchev–Trinajstić information content (AvgIpc) is 2.82. The molecular weight excluding hydrogens is 254 g/mol. The molecule has 1 aromatic rings. The molecule has 1 aliphatic rings. The van der Waals surface area contributed by atoms with Crippen molar-refractivity contribution in [3.63, 3.8) is 0 Å². The maximum atomic E-state index is 11.9. The van der Waals surface area contributed by atoms with E-state index in [2.05, 4.69) is 0 Å². The monoisotopic (exact) mass is 269 g/mol. The van der Waals surface area contributed by atoms with Crippen molar-refractivity contribution in [1.82, 2.24) is 4.90 Å². The standard InChI is InChI=1S/C13H16ClNO3/c1-3-15(13(16)9(2)14)7-10-4-5-11-12(6-10)18-8-17-11/h4-6,9H,3,7-8H2,1-2H3. The molecule has 0 bridgehead atoms. The predicted molar refractivity (Wildman–Crippen MR) is 69.0 cm³/mol. The van der Waals surface area contributed by atoms with Gasteiger partial charge in [0, 0.05) is 13.1 Å². The Labute approximate surface area is 111 Å². The van der Waals surface area contributed by atoms with Gasteiger partial charge in [-0.05, 0) is 31.5 Å². The van der Waals surface area contributed by atoms with Gasteiger partial charge in [-0.3, -0.25) is 4.79 Å². The second kappa shape index (κ2) is 5.48. The van der Waals surface area contributed by atoms with E-state index in [1.807, 2.05) is 25.1 Å². The van der Waals surface area contributed by atoms with Crippen molar-refractivity contribution in [3.05, 3.63) is 23.8 Å². The molecule has 5 heteroatoms. The van der Waals surface area contributed by atoms with Gasteiger partial charge in [0.25, 0.3) is 0 Å². The Kier molecular flexibility index (Phi) is 3.97. The summed E-state index contributed by atoms with van der Waals surface area (Å²) < 4.78 is 10.6. The highest BCUT2D eigenvalue weighted by Gasteiger charge is 2.19. The molecule has 0 aromatic heterocycles. The number of carbonyl (C=O) groups is 1. The summed E-state index contributed by atoms with van der Waals surface area (Å²) in [6.07, 6.45) is 0. The zero-order valence-electron chi connectivity index (χ0n) is 10.5. The first kappa shape index (κ1) is 13.0. The first-order valence-corrected chi connectivity index (χ1v) is 6.37. The topological polar surface area (TPSA) is 38.8 Å². The van der Waals surface area contributed by atoms with E-state index in [4.69, 9.17) is 21.1 Å². The second-order valence-corrected chi connectivity index (χ2v) is 4.81. The van der Waals surface area contributed by atoms with Gasteiger partial charge in [-0.15, -0.1) is 11.6 Å². The van der Waals surface area contributed by atoms with Crippen LogP contribution in [0.15, 0.2) is 18.2 Å². The molecular formula is C13H16ClNO3. The lowest BCUT2D eigenvalue weighted by molar-refractivity contribution is -0.130. The number of rotatable bonds is 4. The van der Waals surface area contributed by atoms with Crippen LogP contribution in [0.4, 0.5) is 0 Å². The van der Waals surface area contributed by atoms with Crippen LogP contribution in [-0.4, -0.2) is 29.5 Å². The molecule has 0 aliphatic carbocycles. The Bertz CT molecular complexity index is 448. The summed E-state index contributed by atoms with van der Waals surface area (Å²) in [7, 11) is 0. The van der Waals surface area contributed by atoms with Gasteiger partial charge in [-0.2, -0.15) is 0 Å². The van der Waals surface area contributed by atoms with E-state index in [9.17, 15) is 4.79 Å². The Morgan fingerprint density at radius 2 is 2.17 bits per heavy atom. The molecule has 0 spiro atoms. The van der Waals surface area contributed by atoms with Crippen LogP contribution in [0.3, 0.4) is 0 Å². The highest BCUT2D eigenvalue weighted by Crippen LogP contribution is 2.32. The van der Waals surface area contributed by atoms with Gasteiger partial charge in [-0.25, -0.2) is 0 Å². The van der Waals surface area contributed by atoms with Crippen molar-refractivity contribution in [1.29, 1.82) is 0 Å². The fourth-order valence-electron chi connectivity index (χ4n) is 1.86. The van der Waals surface area contributed by atoms with Crippen molar-refractivity contribution in [2.45, 2.75) is 25.8 Å². The third-order valence-corrected chi connectivity index (χ3v) is 3.03. The molecule has 2 rings (SSSR count). The Hall–Kier alpha value is -1.42. The van der Waals surface area contributed by atoms with E-state index >= 15 is 0 Å². The van der Waals surface area contributed by atoms with E-state index in [-0.39, 0.29) is 12.7 Å². The minimum absolute atomic E-state index is 0.0585. The quantitative estimate of drug-likeness (QED) is 0.788. The molecule has 1 heterocycles. The normalized spacial score (nSPS) is 14.4. The van der Waals surface area contributed by atoms with Gasteiger partial charge in [-0.1, -0.05) is 6.07 Å². The first-order chi connectivity index (χ1) is 8.61. The maximum absolute atomic E-state index is 11.9. The van der Waals surface area contributed by atoms with E-state index in [1.165, 1.54) is 0 Å². The van der Waals surface area contributed by atoms with Gasteiger partial charge >= 0.3 is 0 Å². The first-order valence-electron chi connectivity index (χ1n) is 5.93. The number of halogens is 1. The number of fused-ring (bicyclic) bond motifs is 1. The van der Waals surface area contributed by atoms with Crippen molar-refractivity contribution in [2.75, 3.05) is 13.3 Å². The lowest BCUT2D eigenvalue weighted by atomic mass is 10.2. The molecule has 0 N–H and O–H groups in total. The van der Waals surface area contributed by atoms with Crippen molar-refractivity contribution >= 4 is 17.5 Å². The number of nitrogens with zero attached hydrogens (tertiary/aromatic N) is 1. The zero-order chi connectivity index (χ0) is 13.1. The van der Waals surface area contributed by atoms with E-state index in [0.29, 0.717) is 13.1 Å². The van der Waals surface area contributed by atoms with Crippen LogP contribution in [0.2, 0.25) is 0 Å². The molecule has 98 valence electrons. The molecule has 0 radical (unpaired) electrons. The second-order valence-electron chi connectivity index (χ2n) is 4.16. The van der Waals surface area contributed by atoms with Crippen LogP contribution in [0.1, 0.15) is 19.4 Å². The van der Waals surface area contributed by atoms with Crippen molar-refractivity contribution in [3.8, 4) is 11.5 Å². The largest absolute Gasteiger partial charge is 0.454 e. The number of alkyl halides is 1. The van der Waals surface area contributed by atoms with Crippen LogP contribution in [0, 0.1) is 0 Å². The van der Waals surface area contributed by atoms with Crippen LogP contribution in [0.25, 0.3) is 0 Å². The number of hydrogen-bond acceptors (Lipinski definition) is 3. The minimum Gasteiger partial charge on any atom is -0.454 e. The van der Waals surface area contributed by atoms with Crippen molar-refractivity contribution < 1.29 is 14.3 Å². The van der Waals surface area contributed by atoms with Crippen LogP contribution >= 0.6 is 11.6 Å². The summed E-state index contributed by atoms with van der Waals surface area (Å²) in [5.41, 5.74) is 1.01. The SMILES string of the molecule is CCN(Cc1ccc2c(c1)OCO2)C(=O)C(C)Cl. The summed E-state index contributed by atoms with van der Waals surface area (Å²) in [4.78, 5) is 13.6. The van der Waals surface area contributed by atoms with Gasteiger partial charge < -0.3 is 14.4 Å². The molecule has 1 atom stereocenters. The fourth-order valence-corrected chi connectivity index (χ4v) is 1.99. The fraction of sp³-hybridized carbons (Fsp3) is 0.462. The Morgan fingerprint density at radius 1 is 1.44 bits per heavy atom. The molecule has 0 saturated heterocycles. The lowest BCUT2D eigenvalue weighted by Crippen LogP contribution is -2.35. The summed E-state index contributed by atoms with van der Waals surface area (Å²) in [5, 5.41) is -0.501. The maximum Gasteiger partial charge on any atom is 0.240 e. The minimum atomic E-state index is -0.501. The van der Waals surface area contributed by atoms with Gasteiger partial charge in [0.1, 0.15) is 5.38 Å². The van der Waals surface area contributed by atoms with Gasteiger partial charge in [0.05, 0.1) is 0 Å². The van der Waals surface area contributed by atoms with E-state index < -0.39 is 5.38 Å². The highest BCUT2D eigenvalue weighted by atomic mass is 35.5. The molecule has 0 fully saturated rings. The summed E-state index contributed by atoms with van der Waals surface area (Å²) in [5.74, 6) is 1.42. The summed E-state index contributed by atoms with van der Waals surface area (Å²) in [6, 6.07) is 5.69. The summed E-state index contributed by atoms with van der Waals surface area (Å²) >= 11 is 5.83. The number of benzene rings is 1. The number of amides is 1. The predicted octanol–water partition coefficient (Wildman–Crippen LogP) is 2.39. The van der Waals surface area contributed by atoms with E-state index in [1.54, 1.807) is 11.8 Å². The highest BCUT2D eigenvalue weighted by molar-refractivity contribution is 6.30. The number of carbonyl (C=O) groups excluding carboxylic acids is 1. The molecule has 1 unspecified atom stereocenters. The number of hydrogen-bond donors (Lipinski definition) is 0. The Balaban J connectivity index is 2.10. The third kappa shape index (κ3) is 2.70. The molecule has 1 aliphatic heterocycles. The smallest absolute Gasteiger partial charge is 0.240 e. The zero-order valence-corrected chi connectivity index (χ0v) is 11.2. The summed E-state index contributed by atoms with van der Waals surface area (Å²) in [6.45, 7) is 5.04.